The lowest BCUT2D eigenvalue weighted by molar-refractivity contribution is -0.153. The van der Waals surface area contributed by atoms with Crippen LogP contribution in [0.25, 0.3) is 0 Å². The van der Waals surface area contributed by atoms with Gasteiger partial charge in [0, 0.05) is 30.5 Å². The lowest BCUT2D eigenvalue weighted by atomic mass is 9.78. The first-order chi connectivity index (χ1) is 16.2. The molecule has 0 amide bonds. The number of carbonyl (C=O) groups is 1. The number of halogens is 3. The quantitative estimate of drug-likeness (QED) is 0.455. The molecule has 1 fully saturated rings. The number of ketones is 1. The standard InChI is InChI=1S/C23H30F3N3O4S/c1-15-10-21(28-33-15)31-13-18(30)11-17-4-2-16(3-5-17)6-8-29-9-7-20-19(12-29)27-22(34-20)32-14-23(24,25)26/h10,16-17H,2-9,11-14H2,1H3. The molecule has 2 aromatic rings. The highest BCUT2D eigenvalue weighted by molar-refractivity contribution is 7.13. The predicted octanol–water partition coefficient (Wildman–Crippen LogP) is 4.97. The number of ether oxygens (including phenoxy) is 2. The van der Waals surface area contributed by atoms with E-state index >= 15 is 0 Å². The summed E-state index contributed by atoms with van der Waals surface area (Å²) in [5, 5.41) is 3.84. The second-order valence-corrected chi connectivity index (χ2v) is 10.3. The number of thiazole rings is 1. The largest absolute Gasteiger partial charge is 0.467 e. The summed E-state index contributed by atoms with van der Waals surface area (Å²) < 4.78 is 52.2. The van der Waals surface area contributed by atoms with Crippen molar-refractivity contribution in [2.45, 2.75) is 64.6 Å². The summed E-state index contributed by atoms with van der Waals surface area (Å²) in [6.45, 7) is 3.01. The van der Waals surface area contributed by atoms with E-state index in [1.807, 2.05) is 0 Å². The van der Waals surface area contributed by atoms with Crippen LogP contribution in [0.4, 0.5) is 13.2 Å². The van der Waals surface area contributed by atoms with Gasteiger partial charge in [-0.15, -0.1) is 0 Å². The first-order valence-electron chi connectivity index (χ1n) is 11.7. The number of hydrogen-bond acceptors (Lipinski definition) is 8. The summed E-state index contributed by atoms with van der Waals surface area (Å²) in [6.07, 6.45) is 2.42. The Labute approximate surface area is 200 Å². The SMILES string of the molecule is Cc1cc(OCC(=O)CC2CCC(CCN3CCc4sc(OCC(F)(F)F)nc4C3)CC2)no1. The van der Waals surface area contributed by atoms with E-state index < -0.39 is 12.8 Å². The fourth-order valence-electron chi connectivity index (χ4n) is 4.66. The minimum absolute atomic E-state index is 0.0302. The molecule has 0 N–H and O–H groups in total. The van der Waals surface area contributed by atoms with Gasteiger partial charge in [0.2, 0.25) is 0 Å². The van der Waals surface area contributed by atoms with Gasteiger partial charge < -0.3 is 14.0 Å². The maximum absolute atomic E-state index is 12.4. The molecule has 7 nitrogen and oxygen atoms in total. The molecule has 2 aromatic heterocycles. The van der Waals surface area contributed by atoms with Gasteiger partial charge in [-0.1, -0.05) is 24.2 Å². The number of aryl methyl sites for hydroxylation is 1. The van der Waals surface area contributed by atoms with Crippen LogP contribution in [0.2, 0.25) is 0 Å². The van der Waals surface area contributed by atoms with Crippen molar-refractivity contribution in [1.82, 2.24) is 15.0 Å². The van der Waals surface area contributed by atoms with Gasteiger partial charge in [-0.25, -0.2) is 4.98 Å². The van der Waals surface area contributed by atoms with Crippen LogP contribution in [-0.4, -0.2) is 53.3 Å². The van der Waals surface area contributed by atoms with Crippen LogP contribution < -0.4 is 9.47 Å². The third kappa shape index (κ3) is 7.43. The Morgan fingerprint density at radius 3 is 2.71 bits per heavy atom. The Morgan fingerprint density at radius 2 is 2.00 bits per heavy atom. The second-order valence-electron chi connectivity index (χ2n) is 9.26. The van der Waals surface area contributed by atoms with Crippen molar-refractivity contribution in [2.75, 3.05) is 26.3 Å². The molecule has 188 valence electrons. The number of rotatable bonds is 10. The van der Waals surface area contributed by atoms with Gasteiger partial charge in [0.15, 0.2) is 12.4 Å². The van der Waals surface area contributed by atoms with Crippen molar-refractivity contribution in [3.05, 3.63) is 22.4 Å². The van der Waals surface area contributed by atoms with E-state index in [9.17, 15) is 18.0 Å². The molecule has 3 heterocycles. The second kappa shape index (κ2) is 11.1. The highest BCUT2D eigenvalue weighted by Gasteiger charge is 2.30. The van der Waals surface area contributed by atoms with Gasteiger partial charge in [0.1, 0.15) is 12.4 Å². The zero-order valence-corrected chi connectivity index (χ0v) is 20.1. The van der Waals surface area contributed by atoms with Gasteiger partial charge in [0.05, 0.1) is 5.69 Å². The minimum atomic E-state index is -4.35. The maximum Gasteiger partial charge on any atom is 0.422 e. The summed E-state index contributed by atoms with van der Waals surface area (Å²) in [5.41, 5.74) is 0.846. The van der Waals surface area contributed by atoms with Gasteiger partial charge in [-0.05, 0) is 56.1 Å². The van der Waals surface area contributed by atoms with E-state index in [2.05, 4.69) is 15.0 Å². The summed E-state index contributed by atoms with van der Waals surface area (Å²) in [5.74, 6) is 2.14. The van der Waals surface area contributed by atoms with Gasteiger partial charge in [-0.3, -0.25) is 9.69 Å². The van der Waals surface area contributed by atoms with Crippen LogP contribution in [-0.2, 0) is 17.8 Å². The summed E-state index contributed by atoms with van der Waals surface area (Å²) in [7, 11) is 0. The van der Waals surface area contributed by atoms with E-state index in [4.69, 9.17) is 14.0 Å². The molecule has 2 aliphatic rings. The molecule has 0 bridgehead atoms. The normalized spacial score (nSPS) is 21.3. The average molecular weight is 502 g/mol. The topological polar surface area (TPSA) is 77.7 Å². The number of aromatic nitrogens is 2. The monoisotopic (exact) mass is 501 g/mol. The molecule has 11 heteroatoms. The van der Waals surface area contributed by atoms with E-state index in [0.717, 1.165) is 62.2 Å². The maximum atomic E-state index is 12.4. The van der Waals surface area contributed by atoms with E-state index in [0.29, 0.717) is 36.4 Å². The van der Waals surface area contributed by atoms with Crippen molar-refractivity contribution in [2.24, 2.45) is 11.8 Å². The summed E-state index contributed by atoms with van der Waals surface area (Å²) in [4.78, 5) is 19.9. The van der Waals surface area contributed by atoms with Crippen LogP contribution in [0.15, 0.2) is 10.6 Å². The summed E-state index contributed by atoms with van der Waals surface area (Å²) in [6, 6.07) is 1.66. The number of Topliss-reactive ketones (excluding diaryl/α,β-unsaturated/α-hetero) is 1. The Kier molecular flexibility index (Phi) is 8.13. The molecular formula is C23H30F3N3O4S. The van der Waals surface area contributed by atoms with Gasteiger partial charge in [0.25, 0.3) is 11.1 Å². The fraction of sp³-hybridized carbons (Fsp3) is 0.696. The number of hydrogen-bond donors (Lipinski definition) is 0. The average Bonchev–Trinajstić information content (AvgIpc) is 3.40. The first kappa shape index (κ1) is 25.0. The smallest absolute Gasteiger partial charge is 0.422 e. The molecule has 0 radical (unpaired) electrons. The number of fused-ring (bicyclic) bond motifs is 1. The van der Waals surface area contributed by atoms with Crippen molar-refractivity contribution in [1.29, 1.82) is 0 Å². The van der Waals surface area contributed by atoms with Crippen LogP contribution in [0.5, 0.6) is 11.1 Å². The molecule has 4 rings (SSSR count). The lowest BCUT2D eigenvalue weighted by Gasteiger charge is -2.31. The van der Waals surface area contributed by atoms with E-state index in [-0.39, 0.29) is 17.6 Å². The van der Waals surface area contributed by atoms with Crippen molar-refractivity contribution < 1.29 is 32.0 Å². The Balaban J connectivity index is 1.12. The van der Waals surface area contributed by atoms with Crippen LogP contribution in [0.1, 0.15) is 54.9 Å². The Morgan fingerprint density at radius 1 is 1.24 bits per heavy atom. The molecule has 0 aromatic carbocycles. The third-order valence-electron chi connectivity index (χ3n) is 6.47. The third-order valence-corrected chi connectivity index (χ3v) is 7.54. The minimum Gasteiger partial charge on any atom is -0.467 e. The molecule has 1 aliphatic heterocycles. The lowest BCUT2D eigenvalue weighted by Crippen LogP contribution is -2.32. The zero-order chi connectivity index (χ0) is 24.1. The molecule has 0 saturated heterocycles. The van der Waals surface area contributed by atoms with E-state index in [1.54, 1.807) is 13.0 Å². The van der Waals surface area contributed by atoms with Crippen LogP contribution in [0, 0.1) is 18.8 Å². The molecule has 0 unspecified atom stereocenters. The number of nitrogens with zero attached hydrogens (tertiary/aromatic N) is 3. The molecule has 34 heavy (non-hydrogen) atoms. The molecule has 0 spiro atoms. The molecule has 1 saturated carbocycles. The Hall–Kier alpha value is -2.14. The van der Waals surface area contributed by atoms with Gasteiger partial charge >= 0.3 is 6.18 Å². The Bertz CT molecular complexity index is 954. The zero-order valence-electron chi connectivity index (χ0n) is 19.2. The molecule has 1 aliphatic carbocycles. The number of carbonyl (C=O) groups excluding carboxylic acids is 1. The summed E-state index contributed by atoms with van der Waals surface area (Å²) >= 11 is 1.23. The highest BCUT2D eigenvalue weighted by Crippen LogP contribution is 2.34. The molecular weight excluding hydrogens is 471 g/mol. The van der Waals surface area contributed by atoms with Gasteiger partial charge in [-0.2, -0.15) is 13.2 Å². The van der Waals surface area contributed by atoms with Crippen molar-refractivity contribution >= 4 is 17.1 Å². The van der Waals surface area contributed by atoms with Crippen LogP contribution in [0.3, 0.4) is 0 Å². The van der Waals surface area contributed by atoms with Crippen LogP contribution >= 0.6 is 11.3 Å². The number of alkyl halides is 3. The van der Waals surface area contributed by atoms with Crippen molar-refractivity contribution in [3.8, 4) is 11.1 Å². The first-order valence-corrected chi connectivity index (χ1v) is 12.5. The van der Waals surface area contributed by atoms with E-state index in [1.165, 1.54) is 11.3 Å². The highest BCUT2D eigenvalue weighted by atomic mass is 32.1. The fourth-order valence-corrected chi connectivity index (χ4v) is 5.57. The van der Waals surface area contributed by atoms with Crippen molar-refractivity contribution in [3.63, 3.8) is 0 Å². The predicted molar refractivity (Wildman–Crippen MR) is 119 cm³/mol. The molecule has 0 atom stereocenters.